The molecule has 0 atom stereocenters. The summed E-state index contributed by atoms with van der Waals surface area (Å²) in [4.78, 5) is 35.2. The highest BCUT2D eigenvalue weighted by atomic mass is 32.1. The summed E-state index contributed by atoms with van der Waals surface area (Å²) in [5.74, 6) is -1.28. The summed E-state index contributed by atoms with van der Waals surface area (Å²) in [6, 6.07) is 15.2. The van der Waals surface area contributed by atoms with E-state index in [2.05, 4.69) is 15.7 Å². The maximum atomic E-state index is 12.2. The number of non-ortho nitro benzene ring substituents is 1. The second-order valence-electron chi connectivity index (χ2n) is 6.32. The number of nitrogens with one attached hydrogen (secondary N) is 2. The van der Waals surface area contributed by atoms with E-state index in [1.807, 2.05) is 30.3 Å². The van der Waals surface area contributed by atoms with Gasteiger partial charge >= 0.3 is 0 Å². The van der Waals surface area contributed by atoms with Gasteiger partial charge in [0, 0.05) is 29.5 Å². The maximum Gasteiger partial charge on any atom is 0.270 e. The second-order valence-corrected chi connectivity index (χ2v) is 6.72. The predicted octanol–water partition coefficient (Wildman–Crippen LogP) is 2.36. The highest BCUT2D eigenvalue weighted by Gasteiger charge is 2.27. The van der Waals surface area contributed by atoms with Crippen molar-refractivity contribution in [3.8, 4) is 16.9 Å². The molecule has 0 spiro atoms. The summed E-state index contributed by atoms with van der Waals surface area (Å²) < 4.78 is 1.57. The van der Waals surface area contributed by atoms with Gasteiger partial charge in [-0.3, -0.25) is 30.3 Å². The minimum Gasteiger partial charge on any atom is -0.299 e. The number of nitro groups is 1. The van der Waals surface area contributed by atoms with Gasteiger partial charge in [0.15, 0.2) is 5.11 Å². The van der Waals surface area contributed by atoms with Crippen LogP contribution in [0.1, 0.15) is 5.56 Å². The Bertz CT molecular complexity index is 1210. The third kappa shape index (κ3) is 3.71. The molecule has 0 aliphatic carbocycles. The van der Waals surface area contributed by atoms with Gasteiger partial charge in [-0.05, 0) is 30.4 Å². The fourth-order valence-electron chi connectivity index (χ4n) is 2.96. The minimum atomic E-state index is -0.638. The van der Waals surface area contributed by atoms with Crippen LogP contribution in [0.3, 0.4) is 0 Å². The Morgan fingerprint density at radius 1 is 1.03 bits per heavy atom. The number of hydrogen-bond donors (Lipinski definition) is 2. The Morgan fingerprint density at radius 2 is 1.73 bits per heavy atom. The number of thiocarbonyl (C=S) groups is 1. The molecule has 0 unspecified atom stereocenters. The SMILES string of the molecule is O=C1NC(=S)NC(=O)C1=Cc1cn(-c2ccccc2)nc1-c1cccc([N+](=O)[O-])c1. The van der Waals surface area contributed by atoms with E-state index < -0.39 is 16.7 Å². The van der Waals surface area contributed by atoms with Gasteiger partial charge in [0.05, 0.1) is 10.6 Å². The fraction of sp³-hybridized carbons (Fsp3) is 0. The Balaban J connectivity index is 1.88. The van der Waals surface area contributed by atoms with Crippen LogP contribution in [0.5, 0.6) is 0 Å². The molecule has 2 aromatic carbocycles. The zero-order valence-corrected chi connectivity index (χ0v) is 16.1. The van der Waals surface area contributed by atoms with Crippen molar-refractivity contribution in [1.29, 1.82) is 0 Å². The van der Waals surface area contributed by atoms with Crippen LogP contribution >= 0.6 is 12.2 Å². The van der Waals surface area contributed by atoms with E-state index in [0.29, 0.717) is 16.8 Å². The minimum absolute atomic E-state index is 0.0685. The van der Waals surface area contributed by atoms with Gasteiger partial charge in [-0.25, -0.2) is 4.68 Å². The average molecular weight is 419 g/mol. The fourth-order valence-corrected chi connectivity index (χ4v) is 3.14. The Morgan fingerprint density at radius 3 is 2.40 bits per heavy atom. The molecule has 0 bridgehead atoms. The van der Waals surface area contributed by atoms with E-state index in [-0.39, 0.29) is 16.4 Å². The van der Waals surface area contributed by atoms with E-state index in [1.165, 1.54) is 18.2 Å². The molecule has 2 heterocycles. The quantitative estimate of drug-likeness (QED) is 0.220. The molecule has 4 rings (SSSR count). The van der Waals surface area contributed by atoms with Crippen molar-refractivity contribution in [3.63, 3.8) is 0 Å². The highest BCUT2D eigenvalue weighted by Crippen LogP contribution is 2.28. The molecule has 1 aliphatic heterocycles. The van der Waals surface area contributed by atoms with Crippen LogP contribution in [-0.2, 0) is 9.59 Å². The molecule has 1 fully saturated rings. The molecule has 1 aromatic heterocycles. The van der Waals surface area contributed by atoms with E-state index in [0.717, 1.165) is 5.69 Å². The van der Waals surface area contributed by atoms with Crippen molar-refractivity contribution in [2.75, 3.05) is 0 Å². The van der Waals surface area contributed by atoms with E-state index >= 15 is 0 Å². The van der Waals surface area contributed by atoms with Crippen LogP contribution < -0.4 is 10.6 Å². The van der Waals surface area contributed by atoms with Crippen LogP contribution in [0, 0.1) is 10.1 Å². The number of nitro benzene ring substituents is 1. The summed E-state index contributed by atoms with van der Waals surface area (Å²) in [7, 11) is 0. The number of carbonyl (C=O) groups excluding carboxylic acids is 2. The van der Waals surface area contributed by atoms with Crippen LogP contribution in [0.25, 0.3) is 23.0 Å². The van der Waals surface area contributed by atoms with Crippen molar-refractivity contribution in [2.45, 2.75) is 0 Å². The second kappa shape index (κ2) is 7.68. The first-order chi connectivity index (χ1) is 14.4. The van der Waals surface area contributed by atoms with Gasteiger partial charge in [0.25, 0.3) is 17.5 Å². The molecule has 0 saturated carbocycles. The Hall–Kier alpha value is -4.18. The predicted molar refractivity (Wildman–Crippen MR) is 113 cm³/mol. The van der Waals surface area contributed by atoms with Gasteiger partial charge in [0.1, 0.15) is 11.3 Å². The smallest absolute Gasteiger partial charge is 0.270 e. The molecule has 30 heavy (non-hydrogen) atoms. The van der Waals surface area contributed by atoms with E-state index in [1.54, 1.807) is 23.0 Å². The zero-order valence-electron chi connectivity index (χ0n) is 15.2. The summed E-state index contributed by atoms with van der Waals surface area (Å²) in [6.07, 6.45) is 3.02. The van der Waals surface area contributed by atoms with Gasteiger partial charge in [-0.2, -0.15) is 5.10 Å². The van der Waals surface area contributed by atoms with Gasteiger partial charge in [0.2, 0.25) is 0 Å². The van der Waals surface area contributed by atoms with Crippen LogP contribution in [0.4, 0.5) is 5.69 Å². The molecule has 3 aromatic rings. The average Bonchev–Trinajstić information content (AvgIpc) is 3.15. The van der Waals surface area contributed by atoms with Gasteiger partial charge < -0.3 is 0 Å². The zero-order chi connectivity index (χ0) is 21.3. The monoisotopic (exact) mass is 419 g/mol. The first-order valence-electron chi connectivity index (χ1n) is 8.70. The number of benzene rings is 2. The van der Waals surface area contributed by atoms with Crippen LogP contribution in [-0.4, -0.2) is 31.6 Å². The molecular weight excluding hydrogens is 406 g/mol. The first-order valence-corrected chi connectivity index (χ1v) is 9.11. The summed E-state index contributed by atoms with van der Waals surface area (Å²) in [5.41, 5.74) is 1.78. The lowest BCUT2D eigenvalue weighted by Crippen LogP contribution is -2.51. The Kier molecular flexibility index (Phi) is 4.90. The topological polar surface area (TPSA) is 119 Å². The Labute approximate surface area is 175 Å². The summed E-state index contributed by atoms with van der Waals surface area (Å²) in [6.45, 7) is 0. The molecule has 2 N–H and O–H groups in total. The molecule has 2 amide bonds. The lowest BCUT2D eigenvalue weighted by Gasteiger charge is -2.16. The third-order valence-corrected chi connectivity index (χ3v) is 4.54. The van der Waals surface area contributed by atoms with Crippen molar-refractivity contribution in [2.24, 2.45) is 0 Å². The van der Waals surface area contributed by atoms with E-state index in [4.69, 9.17) is 12.2 Å². The van der Waals surface area contributed by atoms with Gasteiger partial charge in [-0.1, -0.05) is 30.3 Å². The number of carbonyl (C=O) groups is 2. The summed E-state index contributed by atoms with van der Waals surface area (Å²) in [5, 5.41) is 20.4. The summed E-state index contributed by atoms with van der Waals surface area (Å²) >= 11 is 4.82. The molecule has 0 radical (unpaired) electrons. The van der Waals surface area contributed by atoms with Crippen LogP contribution in [0.15, 0.2) is 66.4 Å². The lowest BCUT2D eigenvalue weighted by atomic mass is 10.0. The third-order valence-electron chi connectivity index (χ3n) is 4.34. The van der Waals surface area contributed by atoms with Crippen molar-refractivity contribution in [3.05, 3.63) is 82.0 Å². The molecule has 148 valence electrons. The number of hydrogen-bond acceptors (Lipinski definition) is 6. The normalized spacial score (nSPS) is 13.6. The maximum absolute atomic E-state index is 12.2. The standard InChI is InChI=1S/C20H13N5O4S/c26-18-16(19(27)22-20(30)21-18)10-13-11-24(14-6-2-1-3-7-14)23-17(13)12-5-4-8-15(9-12)25(28)29/h1-11H,(H2,21,22,26,27,30). The highest BCUT2D eigenvalue weighted by molar-refractivity contribution is 7.80. The van der Waals surface area contributed by atoms with Gasteiger partial charge in [-0.15, -0.1) is 0 Å². The number of amides is 2. The molecular formula is C20H13N5O4S. The first kappa shape index (κ1) is 19.2. The molecule has 1 saturated heterocycles. The molecule has 9 nitrogen and oxygen atoms in total. The largest absolute Gasteiger partial charge is 0.299 e. The van der Waals surface area contributed by atoms with Crippen molar-refractivity contribution >= 4 is 40.9 Å². The molecule has 1 aliphatic rings. The van der Waals surface area contributed by atoms with Crippen molar-refractivity contribution in [1.82, 2.24) is 20.4 Å². The van der Waals surface area contributed by atoms with Crippen LogP contribution in [0.2, 0.25) is 0 Å². The number of rotatable bonds is 4. The lowest BCUT2D eigenvalue weighted by molar-refractivity contribution is -0.384. The number of aromatic nitrogens is 2. The number of para-hydroxylation sites is 1. The number of nitrogens with zero attached hydrogens (tertiary/aromatic N) is 3. The van der Waals surface area contributed by atoms with E-state index in [9.17, 15) is 19.7 Å². The molecule has 10 heteroatoms. The van der Waals surface area contributed by atoms with Crippen molar-refractivity contribution < 1.29 is 14.5 Å².